The number of aromatic hydroxyl groups is 1. The first kappa shape index (κ1) is 11.3. The van der Waals surface area contributed by atoms with Crippen LogP contribution in [0.25, 0.3) is 0 Å². The van der Waals surface area contributed by atoms with Crippen LogP contribution < -0.4 is 10.5 Å². The molecule has 0 aromatic heterocycles. The zero-order valence-electron chi connectivity index (χ0n) is 10.1. The lowest BCUT2D eigenvalue weighted by Crippen LogP contribution is -2.21. The van der Waals surface area contributed by atoms with E-state index >= 15 is 0 Å². The van der Waals surface area contributed by atoms with E-state index in [0.29, 0.717) is 12.3 Å². The number of phenols is 1. The van der Waals surface area contributed by atoms with Gasteiger partial charge in [0.05, 0.1) is 7.11 Å². The number of aryl methyl sites for hydroxylation is 1. The van der Waals surface area contributed by atoms with Gasteiger partial charge in [-0.2, -0.15) is 0 Å². The second kappa shape index (κ2) is 3.67. The Labute approximate surface area is 96.2 Å². The lowest BCUT2D eigenvalue weighted by molar-refractivity contribution is 0.367. The molecule has 3 nitrogen and oxygen atoms in total. The van der Waals surface area contributed by atoms with Gasteiger partial charge in [0.15, 0.2) is 11.5 Å². The van der Waals surface area contributed by atoms with Gasteiger partial charge in [0.1, 0.15) is 0 Å². The average molecular weight is 221 g/mol. The van der Waals surface area contributed by atoms with Crippen molar-refractivity contribution < 1.29 is 9.84 Å². The molecule has 0 heterocycles. The summed E-state index contributed by atoms with van der Waals surface area (Å²) in [5.74, 6) is 0.839. The molecule has 1 saturated carbocycles. The van der Waals surface area contributed by atoms with Crippen LogP contribution in [0.4, 0.5) is 0 Å². The molecule has 1 fully saturated rings. The molecule has 3 N–H and O–H groups in total. The molecule has 1 aliphatic carbocycles. The molecule has 88 valence electrons. The SMILES string of the molecule is COc1c(C)c(C2(CN)CC2)cc(C)c1O. The van der Waals surface area contributed by atoms with E-state index in [1.807, 2.05) is 19.9 Å². The van der Waals surface area contributed by atoms with Crippen LogP contribution in [-0.2, 0) is 5.41 Å². The Balaban J connectivity index is 2.59. The Bertz CT molecular complexity index is 422. The number of benzene rings is 1. The summed E-state index contributed by atoms with van der Waals surface area (Å²) in [6.45, 7) is 4.55. The van der Waals surface area contributed by atoms with E-state index in [2.05, 4.69) is 0 Å². The highest BCUT2D eigenvalue weighted by Crippen LogP contribution is 2.51. The summed E-state index contributed by atoms with van der Waals surface area (Å²) in [4.78, 5) is 0. The fourth-order valence-corrected chi connectivity index (χ4v) is 2.41. The summed E-state index contributed by atoms with van der Waals surface area (Å²) in [5, 5.41) is 9.91. The number of rotatable bonds is 3. The van der Waals surface area contributed by atoms with E-state index in [0.717, 1.165) is 24.0 Å². The summed E-state index contributed by atoms with van der Waals surface area (Å²) in [6, 6.07) is 2.05. The fourth-order valence-electron chi connectivity index (χ4n) is 2.41. The van der Waals surface area contributed by atoms with Gasteiger partial charge >= 0.3 is 0 Å². The molecular weight excluding hydrogens is 202 g/mol. The van der Waals surface area contributed by atoms with Crippen molar-refractivity contribution in [3.05, 3.63) is 22.8 Å². The van der Waals surface area contributed by atoms with E-state index in [4.69, 9.17) is 10.5 Å². The normalized spacial score (nSPS) is 17.2. The maximum absolute atomic E-state index is 9.91. The number of methoxy groups -OCH3 is 1. The molecule has 0 spiro atoms. The molecule has 0 radical (unpaired) electrons. The van der Waals surface area contributed by atoms with E-state index in [1.54, 1.807) is 7.11 Å². The predicted molar refractivity (Wildman–Crippen MR) is 64.1 cm³/mol. The van der Waals surface area contributed by atoms with Gasteiger partial charge in [0, 0.05) is 12.0 Å². The van der Waals surface area contributed by atoms with Gasteiger partial charge < -0.3 is 15.6 Å². The minimum Gasteiger partial charge on any atom is -0.504 e. The molecule has 0 unspecified atom stereocenters. The highest BCUT2D eigenvalue weighted by atomic mass is 16.5. The molecule has 1 aromatic carbocycles. The Hall–Kier alpha value is -1.22. The lowest BCUT2D eigenvalue weighted by Gasteiger charge is -2.20. The van der Waals surface area contributed by atoms with Crippen LogP contribution in [0.5, 0.6) is 11.5 Å². The van der Waals surface area contributed by atoms with Gasteiger partial charge in [-0.05, 0) is 43.4 Å². The first-order valence-corrected chi connectivity index (χ1v) is 5.63. The first-order valence-electron chi connectivity index (χ1n) is 5.63. The number of ether oxygens (including phenoxy) is 1. The molecule has 0 aliphatic heterocycles. The van der Waals surface area contributed by atoms with Crippen molar-refractivity contribution in [3.8, 4) is 11.5 Å². The van der Waals surface area contributed by atoms with Crippen LogP contribution in [0, 0.1) is 13.8 Å². The van der Waals surface area contributed by atoms with Crippen molar-refractivity contribution in [2.45, 2.75) is 32.1 Å². The summed E-state index contributed by atoms with van der Waals surface area (Å²) in [7, 11) is 1.59. The topological polar surface area (TPSA) is 55.5 Å². The van der Waals surface area contributed by atoms with Crippen LogP contribution in [-0.4, -0.2) is 18.8 Å². The first-order chi connectivity index (χ1) is 7.55. The van der Waals surface area contributed by atoms with Gasteiger partial charge in [-0.25, -0.2) is 0 Å². The second-order valence-corrected chi connectivity index (χ2v) is 4.73. The van der Waals surface area contributed by atoms with Gasteiger partial charge in [-0.15, -0.1) is 0 Å². The Morgan fingerprint density at radius 3 is 2.50 bits per heavy atom. The molecular formula is C13H19NO2. The van der Waals surface area contributed by atoms with Crippen molar-refractivity contribution >= 4 is 0 Å². The van der Waals surface area contributed by atoms with Crippen LogP contribution in [0.15, 0.2) is 6.07 Å². The number of nitrogens with two attached hydrogens (primary N) is 1. The van der Waals surface area contributed by atoms with Crippen molar-refractivity contribution in [2.75, 3.05) is 13.7 Å². The zero-order valence-corrected chi connectivity index (χ0v) is 10.1. The highest BCUT2D eigenvalue weighted by Gasteiger charge is 2.44. The van der Waals surface area contributed by atoms with Crippen LogP contribution in [0.3, 0.4) is 0 Å². The van der Waals surface area contributed by atoms with E-state index in [-0.39, 0.29) is 11.2 Å². The minimum absolute atomic E-state index is 0.135. The highest BCUT2D eigenvalue weighted by molar-refractivity contribution is 5.57. The number of phenolic OH excluding ortho intramolecular Hbond substituents is 1. The monoisotopic (exact) mass is 221 g/mol. The number of hydrogen-bond acceptors (Lipinski definition) is 3. The predicted octanol–water partition coefficient (Wildman–Crippen LogP) is 2.01. The second-order valence-electron chi connectivity index (χ2n) is 4.73. The van der Waals surface area contributed by atoms with Crippen molar-refractivity contribution in [3.63, 3.8) is 0 Å². The fraction of sp³-hybridized carbons (Fsp3) is 0.538. The largest absolute Gasteiger partial charge is 0.504 e. The molecule has 3 heteroatoms. The van der Waals surface area contributed by atoms with Crippen LogP contribution >= 0.6 is 0 Å². The van der Waals surface area contributed by atoms with Gasteiger partial charge in [-0.3, -0.25) is 0 Å². The van der Waals surface area contributed by atoms with Gasteiger partial charge in [0.25, 0.3) is 0 Å². The summed E-state index contributed by atoms with van der Waals surface area (Å²) in [5.41, 5.74) is 9.10. The zero-order chi connectivity index (χ0) is 11.9. The molecule has 16 heavy (non-hydrogen) atoms. The van der Waals surface area contributed by atoms with E-state index in [9.17, 15) is 5.11 Å². The maximum atomic E-state index is 9.91. The molecule has 0 saturated heterocycles. The minimum atomic E-state index is 0.135. The quantitative estimate of drug-likeness (QED) is 0.821. The van der Waals surface area contributed by atoms with Crippen molar-refractivity contribution in [2.24, 2.45) is 5.73 Å². The Morgan fingerprint density at radius 2 is 2.06 bits per heavy atom. The van der Waals surface area contributed by atoms with Crippen LogP contribution in [0.2, 0.25) is 0 Å². The molecule has 2 rings (SSSR count). The molecule has 0 amide bonds. The van der Waals surface area contributed by atoms with Crippen LogP contribution in [0.1, 0.15) is 29.5 Å². The standard InChI is InChI=1S/C13H19NO2/c1-8-6-10(13(7-14)4-5-13)9(2)12(16-3)11(8)15/h6,15H,4-5,7,14H2,1-3H3. The summed E-state index contributed by atoms with van der Waals surface area (Å²) < 4.78 is 5.27. The Morgan fingerprint density at radius 1 is 1.44 bits per heavy atom. The summed E-state index contributed by atoms with van der Waals surface area (Å²) >= 11 is 0. The lowest BCUT2D eigenvalue weighted by atomic mass is 9.89. The van der Waals surface area contributed by atoms with Gasteiger partial charge in [-0.1, -0.05) is 6.07 Å². The van der Waals surface area contributed by atoms with E-state index in [1.165, 1.54) is 5.56 Å². The molecule has 0 bridgehead atoms. The number of hydrogen-bond donors (Lipinski definition) is 2. The Kier molecular flexibility index (Phi) is 2.58. The third-order valence-electron chi connectivity index (χ3n) is 3.71. The average Bonchev–Trinajstić information content (AvgIpc) is 3.05. The molecule has 1 aliphatic rings. The van der Waals surface area contributed by atoms with E-state index < -0.39 is 0 Å². The molecule has 0 atom stereocenters. The third kappa shape index (κ3) is 1.47. The van der Waals surface area contributed by atoms with Crippen molar-refractivity contribution in [1.82, 2.24) is 0 Å². The van der Waals surface area contributed by atoms with Crippen molar-refractivity contribution in [1.29, 1.82) is 0 Å². The van der Waals surface area contributed by atoms with Gasteiger partial charge in [0.2, 0.25) is 0 Å². The summed E-state index contributed by atoms with van der Waals surface area (Å²) in [6.07, 6.45) is 2.27. The third-order valence-corrected chi connectivity index (χ3v) is 3.71. The maximum Gasteiger partial charge on any atom is 0.163 e. The molecule has 1 aromatic rings. The smallest absolute Gasteiger partial charge is 0.163 e.